The van der Waals surface area contributed by atoms with Gasteiger partial charge in [-0.25, -0.2) is 0 Å². The monoisotopic (exact) mass is 439 g/mol. The molecule has 2 N–H and O–H groups in total. The largest absolute Gasteiger partial charge is 0.455 e. The van der Waals surface area contributed by atoms with Crippen molar-refractivity contribution < 1.29 is 19.1 Å². The molecule has 0 aliphatic rings. The van der Waals surface area contributed by atoms with Gasteiger partial charge in [0.15, 0.2) is 16.6 Å². The minimum Gasteiger partial charge on any atom is -0.455 e. The van der Waals surface area contributed by atoms with Crippen LogP contribution in [0.5, 0.6) is 0 Å². The first-order valence-corrected chi connectivity index (χ1v) is 15.2. The van der Waals surface area contributed by atoms with Crippen molar-refractivity contribution in [1.82, 2.24) is 4.90 Å². The van der Waals surface area contributed by atoms with E-state index in [1.165, 1.54) is 25.0 Å². The fourth-order valence-corrected chi connectivity index (χ4v) is 11.9. The van der Waals surface area contributed by atoms with E-state index in [1.54, 1.807) is 4.90 Å². The summed E-state index contributed by atoms with van der Waals surface area (Å²) in [6, 6.07) is 2.18. The summed E-state index contributed by atoms with van der Waals surface area (Å²) in [6.07, 6.45) is 3.62. The zero-order chi connectivity index (χ0) is 18.8. The van der Waals surface area contributed by atoms with Crippen LogP contribution in [0.2, 0.25) is 38.3 Å². The Morgan fingerprint density at radius 1 is 1.07 bits per heavy atom. The van der Waals surface area contributed by atoms with Crippen LogP contribution < -0.4 is 0 Å². The molecule has 0 rings (SSSR count). The summed E-state index contributed by atoms with van der Waals surface area (Å²) in [7, 11) is -3.37. The van der Waals surface area contributed by atoms with Crippen LogP contribution in [0.15, 0.2) is 12.7 Å². The Hall–Kier alpha value is -0.476. The molecule has 0 aromatic heterocycles. The van der Waals surface area contributed by atoms with Crippen LogP contribution in [0.25, 0.3) is 0 Å². The van der Waals surface area contributed by atoms with Gasteiger partial charge in [0.1, 0.15) is 0 Å². The topological polar surface area (TPSA) is 70.0 Å². The van der Waals surface area contributed by atoms with Gasteiger partial charge in [0, 0.05) is 13.1 Å². The van der Waals surface area contributed by atoms with Crippen LogP contribution in [0.4, 0.5) is 0 Å². The van der Waals surface area contributed by atoms with Gasteiger partial charge in [0.25, 0.3) is 0 Å². The fourth-order valence-electron chi connectivity index (χ4n) is 2.88. The standard InChI is InChI=1S/C17H37NO4Si2.4CH4/c1-7-9-12-23(3,4)22-24(5,6)13-10-11-18(17(21)8-2)14-16(20)15-19;;;;/h8,16,19-20H,2,7,9-15H2,1,3-6H3;4*1H4. The number of aliphatic hydroxyl groups is 2. The minimum absolute atomic E-state index is 0. The molecule has 28 heavy (non-hydrogen) atoms. The van der Waals surface area contributed by atoms with Gasteiger partial charge in [-0.1, -0.05) is 56.1 Å². The third kappa shape index (κ3) is 17.6. The van der Waals surface area contributed by atoms with Gasteiger partial charge in [-0.05, 0) is 50.8 Å². The number of aliphatic hydroxyl groups excluding tert-OH is 2. The molecule has 0 aliphatic heterocycles. The van der Waals surface area contributed by atoms with Crippen molar-refractivity contribution in [1.29, 1.82) is 0 Å². The predicted molar refractivity (Wildman–Crippen MR) is 132 cm³/mol. The van der Waals surface area contributed by atoms with Crippen molar-refractivity contribution in [2.24, 2.45) is 0 Å². The first kappa shape index (κ1) is 38.2. The summed E-state index contributed by atoms with van der Waals surface area (Å²) in [5, 5.41) is 18.5. The number of hydrogen-bond donors (Lipinski definition) is 2. The molecule has 0 spiro atoms. The van der Waals surface area contributed by atoms with Crippen LogP contribution in [0.1, 0.15) is 55.9 Å². The summed E-state index contributed by atoms with van der Waals surface area (Å²) < 4.78 is 6.56. The Labute approximate surface area is 179 Å². The van der Waals surface area contributed by atoms with E-state index in [0.29, 0.717) is 6.54 Å². The first-order valence-electron chi connectivity index (χ1n) is 8.97. The smallest absolute Gasteiger partial charge is 0.246 e. The Bertz CT molecular complexity index is 391. The quantitative estimate of drug-likeness (QED) is 0.293. The molecule has 5 nitrogen and oxygen atoms in total. The molecule has 0 aromatic rings. The summed E-state index contributed by atoms with van der Waals surface area (Å²) in [5.74, 6) is -0.208. The molecule has 0 saturated carbocycles. The number of carbonyl (C=O) groups is 1. The molecule has 0 bridgehead atoms. The van der Waals surface area contributed by atoms with Crippen LogP contribution in [-0.2, 0) is 8.91 Å². The second kappa shape index (κ2) is 18.5. The molecule has 174 valence electrons. The maximum absolute atomic E-state index is 11.9. The summed E-state index contributed by atoms with van der Waals surface area (Å²) >= 11 is 0. The highest BCUT2D eigenvalue weighted by atomic mass is 28.4. The zero-order valence-corrected chi connectivity index (χ0v) is 18.2. The molecule has 1 unspecified atom stereocenters. The number of nitrogens with zero attached hydrogens (tertiary/aromatic N) is 1. The lowest BCUT2D eigenvalue weighted by Gasteiger charge is -2.34. The van der Waals surface area contributed by atoms with Crippen LogP contribution in [0, 0.1) is 0 Å². The Morgan fingerprint density at radius 2 is 1.54 bits per heavy atom. The maximum atomic E-state index is 11.9. The molecule has 1 atom stereocenters. The number of amides is 1. The summed E-state index contributed by atoms with van der Waals surface area (Å²) in [6.45, 7) is 15.1. The van der Waals surface area contributed by atoms with E-state index >= 15 is 0 Å². The van der Waals surface area contributed by atoms with Gasteiger partial charge in [0.2, 0.25) is 5.91 Å². The van der Waals surface area contributed by atoms with Crippen molar-refractivity contribution >= 4 is 22.5 Å². The molecular weight excluding hydrogens is 386 g/mol. The molecule has 0 saturated heterocycles. The highest BCUT2D eigenvalue weighted by molar-refractivity contribution is 6.84. The molecule has 1 amide bonds. The van der Waals surface area contributed by atoms with E-state index in [0.717, 1.165) is 12.5 Å². The van der Waals surface area contributed by atoms with E-state index < -0.39 is 22.7 Å². The molecule has 0 fully saturated rings. The summed E-state index contributed by atoms with van der Waals surface area (Å²) in [5.41, 5.74) is 0. The van der Waals surface area contributed by atoms with Crippen molar-refractivity contribution in [2.75, 3.05) is 19.7 Å². The van der Waals surface area contributed by atoms with Crippen molar-refractivity contribution in [3.05, 3.63) is 12.7 Å². The predicted octanol–water partition coefficient (Wildman–Crippen LogP) is 5.52. The van der Waals surface area contributed by atoms with Gasteiger partial charge in [0.05, 0.1) is 12.7 Å². The minimum atomic E-state index is -1.76. The third-order valence-corrected chi connectivity index (χ3v) is 11.6. The van der Waals surface area contributed by atoms with Crippen molar-refractivity contribution in [3.63, 3.8) is 0 Å². The van der Waals surface area contributed by atoms with Crippen molar-refractivity contribution in [3.8, 4) is 0 Å². The van der Waals surface area contributed by atoms with Gasteiger partial charge in [-0.15, -0.1) is 0 Å². The zero-order valence-electron chi connectivity index (χ0n) is 16.2. The van der Waals surface area contributed by atoms with E-state index in [9.17, 15) is 9.90 Å². The molecule has 0 aromatic carbocycles. The summed E-state index contributed by atoms with van der Waals surface area (Å²) in [4.78, 5) is 13.4. The molecular formula is C21H53NO4Si2. The Morgan fingerprint density at radius 3 is 1.93 bits per heavy atom. The van der Waals surface area contributed by atoms with Crippen molar-refractivity contribution in [2.45, 2.75) is 100 Å². The van der Waals surface area contributed by atoms with E-state index in [-0.39, 0.29) is 48.8 Å². The van der Waals surface area contributed by atoms with Crippen LogP contribution in [-0.4, -0.2) is 63.5 Å². The normalized spacial score (nSPS) is 11.7. The second-order valence-corrected chi connectivity index (χ2v) is 16.5. The van der Waals surface area contributed by atoms with Gasteiger partial charge < -0.3 is 19.2 Å². The highest BCUT2D eigenvalue weighted by Crippen LogP contribution is 2.24. The average Bonchev–Trinajstić information content (AvgIpc) is 2.49. The lowest BCUT2D eigenvalue weighted by Crippen LogP contribution is -2.45. The SMILES string of the molecule is C.C.C.C.C=CC(=O)N(CCC[Si](C)(C)O[Si](C)(C)CCCC)CC(O)CO. The maximum Gasteiger partial charge on any atom is 0.246 e. The van der Waals surface area contributed by atoms with Gasteiger partial charge in [-0.3, -0.25) is 4.79 Å². The Balaban J connectivity index is -0.000000441. The molecule has 0 aliphatic carbocycles. The number of hydrogen-bond acceptors (Lipinski definition) is 4. The van der Waals surface area contributed by atoms with E-state index in [4.69, 9.17) is 9.22 Å². The number of unbranched alkanes of at least 4 members (excludes halogenated alkanes) is 1. The highest BCUT2D eigenvalue weighted by Gasteiger charge is 2.32. The van der Waals surface area contributed by atoms with Gasteiger partial charge in [-0.2, -0.15) is 0 Å². The van der Waals surface area contributed by atoms with Crippen LogP contribution >= 0.6 is 0 Å². The second-order valence-electron chi connectivity index (χ2n) is 7.65. The number of carbonyl (C=O) groups excluding carboxylic acids is 1. The number of rotatable bonds is 13. The first-order chi connectivity index (χ1) is 11.1. The molecule has 0 radical (unpaired) electrons. The average molecular weight is 440 g/mol. The van der Waals surface area contributed by atoms with Crippen LogP contribution in [0.3, 0.4) is 0 Å². The molecule has 0 heterocycles. The molecule has 7 heteroatoms. The van der Waals surface area contributed by atoms with Gasteiger partial charge >= 0.3 is 0 Å². The Kier molecular flexibility index (Phi) is 25.3. The lowest BCUT2D eigenvalue weighted by molar-refractivity contribution is -0.127. The third-order valence-electron chi connectivity index (χ3n) is 4.02. The fraction of sp³-hybridized carbons (Fsp3) is 0.857. The lowest BCUT2D eigenvalue weighted by atomic mass is 10.3. The van der Waals surface area contributed by atoms with E-state index in [1.807, 2.05) is 0 Å². The van der Waals surface area contributed by atoms with E-state index in [2.05, 4.69) is 39.7 Å².